The lowest BCUT2D eigenvalue weighted by molar-refractivity contribution is -0.141. The molecule has 2 heterocycles. The third kappa shape index (κ3) is 6.42. The van der Waals surface area contributed by atoms with E-state index in [1.807, 2.05) is 19.1 Å². The number of anilines is 1. The Labute approximate surface area is 223 Å². The number of hydrogen-bond acceptors (Lipinski definition) is 7. The molecule has 0 saturated carbocycles. The van der Waals surface area contributed by atoms with E-state index in [0.717, 1.165) is 5.56 Å². The molecule has 0 spiro atoms. The van der Waals surface area contributed by atoms with Crippen LogP contribution in [0.4, 0.5) is 19.0 Å². The number of hydrogen-bond donors (Lipinski definition) is 2. The molecule has 39 heavy (non-hydrogen) atoms. The number of rotatable bonds is 10. The lowest BCUT2D eigenvalue weighted by Crippen LogP contribution is -2.52. The van der Waals surface area contributed by atoms with E-state index in [9.17, 15) is 21.6 Å². The largest absolute Gasteiger partial charge is 0.439 e. The molecule has 9 nitrogen and oxygen atoms in total. The Kier molecular flexibility index (Phi) is 7.75. The summed E-state index contributed by atoms with van der Waals surface area (Å²) in [5, 5.41) is 13.7. The summed E-state index contributed by atoms with van der Waals surface area (Å²) in [6.45, 7) is 5.30. The van der Waals surface area contributed by atoms with Crippen LogP contribution >= 0.6 is 0 Å². The average molecular weight is 564 g/mol. The zero-order chi connectivity index (χ0) is 28.4. The molecule has 13 heteroatoms. The summed E-state index contributed by atoms with van der Waals surface area (Å²) in [7, 11) is -4.94. The van der Waals surface area contributed by atoms with Crippen LogP contribution in [0.1, 0.15) is 31.9 Å². The topological polar surface area (TPSA) is 125 Å². The lowest BCUT2D eigenvalue weighted by Gasteiger charge is -2.34. The molecule has 0 aliphatic rings. The van der Waals surface area contributed by atoms with Crippen molar-refractivity contribution in [2.24, 2.45) is 5.14 Å². The van der Waals surface area contributed by atoms with Crippen LogP contribution in [0.2, 0.25) is 0 Å². The molecular weight excluding hydrogens is 535 g/mol. The molecule has 0 fully saturated rings. The number of sulfonamides is 1. The Hall–Kier alpha value is -3.84. The Morgan fingerprint density at radius 1 is 1.10 bits per heavy atom. The maximum absolute atomic E-state index is 13.8. The molecule has 0 amide bonds. The quantitative estimate of drug-likeness (QED) is 0.262. The molecule has 0 radical (unpaired) electrons. The van der Waals surface area contributed by atoms with Crippen LogP contribution in [0, 0.1) is 0 Å². The highest BCUT2D eigenvalue weighted by atomic mass is 32.2. The highest BCUT2D eigenvalue weighted by molar-refractivity contribution is 7.89. The molecule has 1 atom stereocenters. The van der Waals surface area contributed by atoms with Crippen molar-refractivity contribution in [1.29, 1.82) is 0 Å². The Morgan fingerprint density at radius 2 is 1.82 bits per heavy atom. The van der Waals surface area contributed by atoms with E-state index in [1.54, 1.807) is 41.1 Å². The smallest absolute Gasteiger partial charge is 0.407 e. The number of ether oxygens (including phenoxy) is 1. The van der Waals surface area contributed by atoms with E-state index in [4.69, 9.17) is 14.4 Å². The second-order valence-corrected chi connectivity index (χ2v) is 11.1. The monoisotopic (exact) mass is 563 g/mol. The van der Waals surface area contributed by atoms with Gasteiger partial charge in [0.1, 0.15) is 12.0 Å². The van der Waals surface area contributed by atoms with Gasteiger partial charge in [-0.15, -0.1) is 0 Å². The number of halogens is 3. The summed E-state index contributed by atoms with van der Waals surface area (Å²) < 4.78 is 77.6. The highest BCUT2D eigenvalue weighted by Crippen LogP contribution is 2.41. The second-order valence-electron chi connectivity index (χ2n) is 9.48. The summed E-state index contributed by atoms with van der Waals surface area (Å²) in [6, 6.07) is 17.0. The van der Waals surface area contributed by atoms with Crippen LogP contribution in [-0.4, -0.2) is 34.8 Å². The average Bonchev–Trinajstić information content (AvgIpc) is 3.51. The number of nitrogens with one attached hydrogen (secondary N) is 1. The number of nitrogens with zero attached hydrogens (tertiary/aromatic N) is 3. The first-order valence-electron chi connectivity index (χ1n) is 12.0. The van der Waals surface area contributed by atoms with Gasteiger partial charge in [-0.3, -0.25) is 0 Å². The van der Waals surface area contributed by atoms with Gasteiger partial charge in [-0.1, -0.05) is 49.3 Å². The number of benzene rings is 2. The third-order valence-electron chi connectivity index (χ3n) is 6.28. The van der Waals surface area contributed by atoms with Crippen molar-refractivity contribution in [2.45, 2.75) is 50.7 Å². The normalized spacial score (nSPS) is 13.3. The second kappa shape index (κ2) is 10.7. The summed E-state index contributed by atoms with van der Waals surface area (Å²) >= 11 is 0. The fourth-order valence-corrected chi connectivity index (χ4v) is 5.71. The number of alkyl halides is 3. The van der Waals surface area contributed by atoms with Crippen molar-refractivity contribution in [3.8, 4) is 22.9 Å². The fourth-order valence-electron chi connectivity index (χ4n) is 4.38. The van der Waals surface area contributed by atoms with Gasteiger partial charge in [-0.2, -0.15) is 18.3 Å². The first-order chi connectivity index (χ1) is 18.3. The predicted octanol–water partition coefficient (Wildman–Crippen LogP) is 5.46. The number of aromatic nitrogens is 3. The maximum Gasteiger partial charge on any atom is 0.407 e. The van der Waals surface area contributed by atoms with Gasteiger partial charge in [0, 0.05) is 36.2 Å². The van der Waals surface area contributed by atoms with Gasteiger partial charge in [0.25, 0.3) is 0 Å². The van der Waals surface area contributed by atoms with Crippen LogP contribution < -0.4 is 15.2 Å². The number of aryl methyl sites for hydroxylation is 1. The molecule has 4 rings (SSSR count). The maximum atomic E-state index is 13.8. The molecule has 2 aromatic carbocycles. The first-order valence-corrected chi connectivity index (χ1v) is 13.6. The minimum absolute atomic E-state index is 0.152. The molecular formula is C26H28F3N5O4S. The van der Waals surface area contributed by atoms with Crippen LogP contribution in [0.15, 0.2) is 71.4 Å². The molecule has 3 N–H and O–H groups in total. The zero-order valence-corrected chi connectivity index (χ0v) is 22.3. The van der Waals surface area contributed by atoms with E-state index in [1.165, 1.54) is 32.2 Å². The molecule has 1 unspecified atom stereocenters. The van der Waals surface area contributed by atoms with Crippen LogP contribution in [0.3, 0.4) is 0 Å². The molecule has 208 valence electrons. The van der Waals surface area contributed by atoms with E-state index >= 15 is 0 Å². The molecule has 0 aliphatic heterocycles. The minimum Gasteiger partial charge on any atom is -0.439 e. The fraction of sp³-hybridized carbons (Fsp3) is 0.308. The van der Waals surface area contributed by atoms with Gasteiger partial charge in [-0.25, -0.2) is 18.2 Å². The number of primary sulfonamides is 1. The molecule has 0 saturated heterocycles. The number of nitrogens with two attached hydrogens (primary N) is 1. The summed E-state index contributed by atoms with van der Waals surface area (Å²) in [6.07, 6.45) is -3.58. The van der Waals surface area contributed by atoms with Gasteiger partial charge >= 0.3 is 6.18 Å². The Balaban J connectivity index is 1.57. The molecule has 0 bridgehead atoms. The molecule has 4 aromatic rings. The first kappa shape index (κ1) is 28.2. The van der Waals surface area contributed by atoms with Crippen LogP contribution in [-0.2, 0) is 28.5 Å². The SMILES string of the molecule is CCn1nc(-c2cccc(C(C)(C)C(C(F)(F)F)S(N)(=O)=O)c2)cc1Oc1ccc(CNc2ccon2)cc1. The van der Waals surface area contributed by atoms with E-state index < -0.39 is 26.9 Å². The van der Waals surface area contributed by atoms with Crippen molar-refractivity contribution >= 4 is 15.8 Å². The highest BCUT2D eigenvalue weighted by Gasteiger charge is 2.56. The van der Waals surface area contributed by atoms with Crippen molar-refractivity contribution in [1.82, 2.24) is 14.9 Å². The van der Waals surface area contributed by atoms with Gasteiger partial charge in [0.2, 0.25) is 15.9 Å². The van der Waals surface area contributed by atoms with Crippen molar-refractivity contribution in [3.05, 3.63) is 78.1 Å². The standard InChI is InChI=1S/C26H28F3N5O4S/c1-4-34-23(38-20-10-8-17(9-11-20)16-31-22-12-13-37-33-22)15-21(32-34)18-6-5-7-19(14-18)25(2,3)24(26(27,28)29)39(30,35)36/h5-15,24H,4,16H2,1-3H3,(H,31,33)(H2,30,35,36). The third-order valence-corrected chi connectivity index (χ3v) is 7.80. The Bertz CT molecular complexity index is 1520. The minimum atomic E-state index is -5.06. The van der Waals surface area contributed by atoms with E-state index in [-0.39, 0.29) is 5.56 Å². The van der Waals surface area contributed by atoms with Crippen LogP contribution in [0.5, 0.6) is 11.6 Å². The lowest BCUT2D eigenvalue weighted by atomic mass is 9.80. The van der Waals surface area contributed by atoms with E-state index in [0.29, 0.717) is 41.8 Å². The Morgan fingerprint density at radius 3 is 2.41 bits per heavy atom. The van der Waals surface area contributed by atoms with Gasteiger partial charge < -0.3 is 14.6 Å². The summed E-state index contributed by atoms with van der Waals surface area (Å²) in [5.74, 6) is 1.63. The summed E-state index contributed by atoms with van der Waals surface area (Å²) in [5.41, 5.74) is 0.240. The van der Waals surface area contributed by atoms with Crippen molar-refractivity contribution in [3.63, 3.8) is 0 Å². The van der Waals surface area contributed by atoms with E-state index in [2.05, 4.69) is 15.6 Å². The zero-order valence-electron chi connectivity index (χ0n) is 21.4. The molecule has 0 aliphatic carbocycles. The van der Waals surface area contributed by atoms with Gasteiger partial charge in [0.15, 0.2) is 11.1 Å². The van der Waals surface area contributed by atoms with Crippen molar-refractivity contribution < 1.29 is 30.8 Å². The van der Waals surface area contributed by atoms with Gasteiger partial charge in [0.05, 0.1) is 5.69 Å². The summed E-state index contributed by atoms with van der Waals surface area (Å²) in [4.78, 5) is 0. The van der Waals surface area contributed by atoms with Crippen molar-refractivity contribution in [2.75, 3.05) is 5.32 Å². The molecule has 2 aromatic heterocycles. The van der Waals surface area contributed by atoms with Crippen LogP contribution in [0.25, 0.3) is 11.3 Å². The predicted molar refractivity (Wildman–Crippen MR) is 140 cm³/mol. The van der Waals surface area contributed by atoms with Gasteiger partial charge in [-0.05, 0) is 36.2 Å².